The maximum absolute atomic E-state index is 12.5. The van der Waals surface area contributed by atoms with Crippen molar-refractivity contribution in [2.75, 3.05) is 26.3 Å². The molecule has 6 nitrogen and oxygen atoms in total. The van der Waals surface area contributed by atoms with Gasteiger partial charge in [-0.3, -0.25) is 4.79 Å². The molecular formula is C15H21ClN2O4S. The lowest BCUT2D eigenvalue weighted by Crippen LogP contribution is -2.41. The number of carbonyl (C=O) groups excluding carboxylic acids is 1. The first-order chi connectivity index (χ1) is 10.6. The number of morpholine rings is 1. The first-order valence-electron chi connectivity index (χ1n) is 7.31. The normalized spacial score (nSPS) is 16.4. The molecule has 1 amide bonds. The molecule has 1 aromatic carbocycles. The second-order valence-electron chi connectivity index (χ2n) is 6.41. The Balaban J connectivity index is 2.33. The van der Waals surface area contributed by atoms with E-state index in [0.717, 1.165) is 0 Å². The molecule has 1 fully saturated rings. The number of nitrogens with one attached hydrogen (secondary N) is 1. The molecule has 0 atom stereocenters. The average molecular weight is 361 g/mol. The Hall–Kier alpha value is -1.15. The lowest BCUT2D eigenvalue weighted by atomic mass is 10.1. The topological polar surface area (TPSA) is 75.7 Å². The summed E-state index contributed by atoms with van der Waals surface area (Å²) in [5, 5.41) is 0.0836. The van der Waals surface area contributed by atoms with Gasteiger partial charge in [-0.15, -0.1) is 0 Å². The zero-order valence-corrected chi connectivity index (χ0v) is 15.0. The summed E-state index contributed by atoms with van der Waals surface area (Å²) in [6, 6.07) is 4.30. The van der Waals surface area contributed by atoms with Crippen LogP contribution in [-0.4, -0.2) is 51.1 Å². The van der Waals surface area contributed by atoms with Gasteiger partial charge in [0, 0.05) is 24.2 Å². The number of hydrogen-bond acceptors (Lipinski definition) is 4. The Morgan fingerprint density at radius 1 is 1.26 bits per heavy atom. The van der Waals surface area contributed by atoms with Gasteiger partial charge in [-0.05, 0) is 39.0 Å². The van der Waals surface area contributed by atoms with E-state index in [0.29, 0.717) is 31.9 Å². The largest absolute Gasteiger partial charge is 0.378 e. The van der Waals surface area contributed by atoms with Gasteiger partial charge in [0.05, 0.1) is 18.2 Å². The molecule has 8 heteroatoms. The summed E-state index contributed by atoms with van der Waals surface area (Å²) in [6.45, 7) is 7.16. The molecule has 1 heterocycles. The van der Waals surface area contributed by atoms with Crippen molar-refractivity contribution in [2.24, 2.45) is 0 Å². The molecular weight excluding hydrogens is 340 g/mol. The highest BCUT2D eigenvalue weighted by Crippen LogP contribution is 2.24. The zero-order valence-electron chi connectivity index (χ0n) is 13.4. The van der Waals surface area contributed by atoms with Crippen molar-refractivity contribution < 1.29 is 17.9 Å². The van der Waals surface area contributed by atoms with E-state index >= 15 is 0 Å². The smallest absolute Gasteiger partial charge is 0.254 e. The summed E-state index contributed by atoms with van der Waals surface area (Å²) < 4.78 is 32.7. The number of carbonyl (C=O) groups is 1. The van der Waals surface area contributed by atoms with E-state index in [1.165, 1.54) is 18.2 Å². The van der Waals surface area contributed by atoms with Crippen LogP contribution in [0.25, 0.3) is 0 Å². The molecule has 0 bridgehead atoms. The SMILES string of the molecule is CC(C)(C)NS(=O)(=O)c1cc(C(=O)N2CCOCC2)ccc1Cl. The van der Waals surface area contributed by atoms with Crippen molar-refractivity contribution in [1.82, 2.24) is 9.62 Å². The molecule has 2 rings (SSSR count). The van der Waals surface area contributed by atoms with Gasteiger partial charge in [-0.2, -0.15) is 0 Å². The van der Waals surface area contributed by atoms with Gasteiger partial charge < -0.3 is 9.64 Å². The molecule has 1 saturated heterocycles. The zero-order chi connectivity index (χ0) is 17.3. The predicted octanol–water partition coefficient (Wildman–Crippen LogP) is 1.89. The minimum Gasteiger partial charge on any atom is -0.378 e. The molecule has 1 N–H and O–H groups in total. The molecule has 0 aromatic heterocycles. The van der Waals surface area contributed by atoms with Gasteiger partial charge in [0.25, 0.3) is 5.91 Å². The van der Waals surface area contributed by atoms with Crippen LogP contribution in [0.2, 0.25) is 5.02 Å². The fourth-order valence-electron chi connectivity index (χ4n) is 2.25. The highest BCUT2D eigenvalue weighted by Gasteiger charge is 2.26. The van der Waals surface area contributed by atoms with Crippen molar-refractivity contribution in [2.45, 2.75) is 31.2 Å². The highest BCUT2D eigenvalue weighted by atomic mass is 35.5. The van der Waals surface area contributed by atoms with Gasteiger partial charge >= 0.3 is 0 Å². The van der Waals surface area contributed by atoms with Crippen molar-refractivity contribution in [1.29, 1.82) is 0 Å². The van der Waals surface area contributed by atoms with Gasteiger partial charge in [-0.25, -0.2) is 13.1 Å². The molecule has 1 aromatic rings. The van der Waals surface area contributed by atoms with Gasteiger partial charge in [0.2, 0.25) is 10.0 Å². The third-order valence-electron chi connectivity index (χ3n) is 3.21. The number of halogens is 1. The van der Waals surface area contributed by atoms with Crippen LogP contribution in [0.1, 0.15) is 31.1 Å². The van der Waals surface area contributed by atoms with Crippen LogP contribution in [0.4, 0.5) is 0 Å². The number of hydrogen-bond donors (Lipinski definition) is 1. The van der Waals surface area contributed by atoms with Gasteiger partial charge in [0.1, 0.15) is 4.90 Å². The number of amides is 1. The third kappa shape index (κ3) is 4.67. The summed E-state index contributed by atoms with van der Waals surface area (Å²) in [5.74, 6) is -0.225. The van der Waals surface area contributed by atoms with Crippen LogP contribution >= 0.6 is 11.6 Å². The van der Waals surface area contributed by atoms with E-state index in [2.05, 4.69) is 4.72 Å². The van der Waals surface area contributed by atoms with E-state index in [1.54, 1.807) is 25.7 Å². The quantitative estimate of drug-likeness (QED) is 0.893. The summed E-state index contributed by atoms with van der Waals surface area (Å²) in [5.41, 5.74) is -0.350. The van der Waals surface area contributed by atoms with E-state index in [-0.39, 0.29) is 15.8 Å². The van der Waals surface area contributed by atoms with Crippen molar-refractivity contribution in [3.05, 3.63) is 28.8 Å². The fourth-order valence-corrected chi connectivity index (χ4v) is 4.19. The van der Waals surface area contributed by atoms with E-state index in [1.807, 2.05) is 0 Å². The van der Waals surface area contributed by atoms with Gasteiger partial charge in [0.15, 0.2) is 0 Å². The van der Waals surface area contributed by atoms with E-state index in [9.17, 15) is 13.2 Å². The molecule has 1 aliphatic rings. The van der Waals surface area contributed by atoms with Crippen LogP contribution in [0.15, 0.2) is 23.1 Å². The monoisotopic (exact) mass is 360 g/mol. The first kappa shape index (κ1) is 18.2. The first-order valence-corrected chi connectivity index (χ1v) is 9.17. The van der Waals surface area contributed by atoms with E-state index in [4.69, 9.17) is 16.3 Å². The Bertz CT molecular complexity index is 692. The Morgan fingerprint density at radius 2 is 1.87 bits per heavy atom. The number of benzene rings is 1. The minimum atomic E-state index is -3.81. The van der Waals surface area contributed by atoms with Crippen molar-refractivity contribution in [3.63, 3.8) is 0 Å². The number of ether oxygens (including phenoxy) is 1. The Kier molecular flexibility index (Phi) is 5.35. The van der Waals surface area contributed by atoms with Crippen molar-refractivity contribution >= 4 is 27.5 Å². The number of nitrogens with zero attached hydrogens (tertiary/aromatic N) is 1. The van der Waals surface area contributed by atoms with Gasteiger partial charge in [-0.1, -0.05) is 11.6 Å². The van der Waals surface area contributed by atoms with E-state index < -0.39 is 15.6 Å². The Labute approximate surface area is 141 Å². The fraction of sp³-hybridized carbons (Fsp3) is 0.533. The second kappa shape index (κ2) is 6.76. The number of rotatable bonds is 3. The minimum absolute atomic E-state index is 0.0836. The Morgan fingerprint density at radius 3 is 2.43 bits per heavy atom. The summed E-state index contributed by atoms with van der Waals surface area (Å²) in [6.07, 6.45) is 0. The molecule has 0 unspecified atom stereocenters. The maximum Gasteiger partial charge on any atom is 0.254 e. The molecule has 0 saturated carbocycles. The van der Waals surface area contributed by atoms with Crippen LogP contribution in [-0.2, 0) is 14.8 Å². The summed E-state index contributed by atoms with van der Waals surface area (Å²) in [4.78, 5) is 14.0. The third-order valence-corrected chi connectivity index (χ3v) is 5.45. The lowest BCUT2D eigenvalue weighted by Gasteiger charge is -2.27. The average Bonchev–Trinajstić information content (AvgIpc) is 2.45. The van der Waals surface area contributed by atoms with Crippen LogP contribution < -0.4 is 4.72 Å². The van der Waals surface area contributed by atoms with Crippen LogP contribution in [0, 0.1) is 0 Å². The van der Waals surface area contributed by atoms with Crippen LogP contribution in [0.5, 0.6) is 0 Å². The lowest BCUT2D eigenvalue weighted by molar-refractivity contribution is 0.0302. The van der Waals surface area contributed by atoms with Crippen molar-refractivity contribution in [3.8, 4) is 0 Å². The molecule has 128 valence electrons. The molecule has 0 spiro atoms. The number of sulfonamides is 1. The molecule has 0 radical (unpaired) electrons. The summed E-state index contributed by atoms with van der Waals surface area (Å²) >= 11 is 6.04. The standard InChI is InChI=1S/C15H21ClN2O4S/c1-15(2,3)17-23(20,21)13-10-11(4-5-12(13)16)14(19)18-6-8-22-9-7-18/h4-5,10,17H,6-9H2,1-3H3. The highest BCUT2D eigenvalue weighted by molar-refractivity contribution is 7.89. The second-order valence-corrected chi connectivity index (χ2v) is 8.46. The summed E-state index contributed by atoms with van der Waals surface area (Å²) in [7, 11) is -3.81. The molecule has 23 heavy (non-hydrogen) atoms. The van der Waals surface area contributed by atoms with Crippen LogP contribution in [0.3, 0.4) is 0 Å². The molecule has 0 aliphatic carbocycles. The molecule has 1 aliphatic heterocycles. The predicted molar refractivity (Wildman–Crippen MR) is 88.2 cm³/mol. The maximum atomic E-state index is 12.5.